The van der Waals surface area contributed by atoms with Crippen molar-refractivity contribution in [3.05, 3.63) is 60.6 Å². The quantitative estimate of drug-likeness (QED) is 0.444. The number of aryl methyl sites for hydroxylation is 2. The maximum atomic E-state index is 12.5. The van der Waals surface area contributed by atoms with Crippen molar-refractivity contribution in [3.63, 3.8) is 0 Å². The van der Waals surface area contributed by atoms with Gasteiger partial charge in [-0.2, -0.15) is 5.10 Å². The number of carbonyl (C=O) groups excluding carboxylic acids is 1. The van der Waals surface area contributed by atoms with Crippen molar-refractivity contribution in [1.29, 1.82) is 0 Å². The summed E-state index contributed by atoms with van der Waals surface area (Å²) in [6.07, 6.45) is 5.10. The van der Waals surface area contributed by atoms with Gasteiger partial charge in [0.2, 0.25) is 0 Å². The average Bonchev–Trinajstić information content (AvgIpc) is 3.16. The van der Waals surface area contributed by atoms with Gasteiger partial charge in [0.15, 0.2) is 5.82 Å². The number of hydrogen-bond donors (Lipinski definition) is 2. The second-order valence-electron chi connectivity index (χ2n) is 9.02. The summed E-state index contributed by atoms with van der Waals surface area (Å²) in [4.78, 5) is 21.3. The highest BCUT2D eigenvalue weighted by Crippen LogP contribution is 2.30. The monoisotopic (exact) mass is 458 g/mol. The molecule has 9 heteroatoms. The molecular formula is C25H26N6O3. The summed E-state index contributed by atoms with van der Waals surface area (Å²) in [5.74, 6) is 1.19. The molecule has 2 aromatic heterocycles. The summed E-state index contributed by atoms with van der Waals surface area (Å²) < 4.78 is 13.0. The van der Waals surface area contributed by atoms with Gasteiger partial charge >= 0.3 is 6.03 Å². The Balaban J connectivity index is 1.25. The molecule has 0 atom stereocenters. The summed E-state index contributed by atoms with van der Waals surface area (Å²) >= 11 is 0. The number of anilines is 2. The van der Waals surface area contributed by atoms with Crippen LogP contribution in [0.1, 0.15) is 12.5 Å². The number of rotatable bonds is 6. The fraction of sp³-hybridized carbons (Fsp3) is 0.280. The lowest BCUT2D eigenvalue weighted by Crippen LogP contribution is -2.44. The van der Waals surface area contributed by atoms with Crippen LogP contribution in [-0.2, 0) is 11.8 Å². The number of fused-ring (bicyclic) bond motifs is 1. The minimum atomic E-state index is -0.407. The molecule has 0 aliphatic carbocycles. The number of amides is 2. The van der Waals surface area contributed by atoms with Crippen molar-refractivity contribution in [2.75, 3.05) is 30.5 Å². The molecule has 0 saturated carbocycles. The van der Waals surface area contributed by atoms with Gasteiger partial charge in [0, 0.05) is 35.3 Å². The summed E-state index contributed by atoms with van der Waals surface area (Å²) in [6, 6.07) is 11.0. The minimum Gasteiger partial charge on any atom is -0.493 e. The molecule has 2 N–H and O–H groups in total. The zero-order valence-corrected chi connectivity index (χ0v) is 19.3. The molecule has 0 radical (unpaired) electrons. The maximum Gasteiger partial charge on any atom is 0.324 e. The van der Waals surface area contributed by atoms with Crippen LogP contribution in [0.15, 0.2) is 55.0 Å². The van der Waals surface area contributed by atoms with Crippen LogP contribution < -0.4 is 15.4 Å². The number of benzene rings is 2. The number of aromatic nitrogens is 4. The Kier molecular flexibility index (Phi) is 5.62. The van der Waals surface area contributed by atoms with E-state index in [-0.39, 0.29) is 5.41 Å². The van der Waals surface area contributed by atoms with E-state index < -0.39 is 6.03 Å². The minimum absolute atomic E-state index is 0.0839. The van der Waals surface area contributed by atoms with Crippen LogP contribution in [0.3, 0.4) is 0 Å². The fourth-order valence-electron chi connectivity index (χ4n) is 3.82. The number of carbonyl (C=O) groups is 1. The third-order valence-electron chi connectivity index (χ3n) is 5.70. The topological polar surface area (TPSA) is 103 Å². The Labute approximate surface area is 197 Å². The van der Waals surface area contributed by atoms with Gasteiger partial charge in [0.1, 0.15) is 5.75 Å². The van der Waals surface area contributed by atoms with E-state index in [1.165, 1.54) is 6.20 Å². The van der Waals surface area contributed by atoms with Crippen LogP contribution in [-0.4, -0.2) is 45.6 Å². The summed E-state index contributed by atoms with van der Waals surface area (Å²) in [5.41, 5.74) is 4.08. The highest BCUT2D eigenvalue weighted by atomic mass is 16.5. The number of ether oxygens (including phenoxy) is 2. The fourth-order valence-corrected chi connectivity index (χ4v) is 3.82. The SMILES string of the molecule is Cc1cc(-c2cncc(NC(=O)Nc3ccc4cn(C)nc4c3)n2)ccc1OCC1(C)COC1. The molecule has 5 rings (SSSR count). The van der Waals surface area contributed by atoms with Gasteiger partial charge in [-0.3, -0.25) is 15.0 Å². The molecule has 0 spiro atoms. The molecule has 2 amide bonds. The Hall–Kier alpha value is -3.98. The molecular weight excluding hydrogens is 432 g/mol. The predicted molar refractivity (Wildman–Crippen MR) is 130 cm³/mol. The second-order valence-corrected chi connectivity index (χ2v) is 9.02. The standard InChI is InChI=1S/C25H26N6O3/c1-16-8-17(5-7-22(16)34-15-25(2)13-33-14-25)21-10-26-11-23(28-21)29-24(32)27-19-6-4-18-12-31(3)30-20(18)9-19/h4-12H,13-15H2,1-3H3,(H2,27,28,29,32). The molecule has 1 aliphatic rings. The lowest BCUT2D eigenvalue weighted by molar-refractivity contribution is -0.120. The highest BCUT2D eigenvalue weighted by Gasteiger charge is 2.34. The van der Waals surface area contributed by atoms with Gasteiger partial charge in [-0.25, -0.2) is 9.78 Å². The average molecular weight is 459 g/mol. The first-order valence-electron chi connectivity index (χ1n) is 11.0. The van der Waals surface area contributed by atoms with E-state index in [1.54, 1.807) is 10.9 Å². The number of urea groups is 1. The number of nitrogens with zero attached hydrogens (tertiary/aromatic N) is 4. The molecule has 1 fully saturated rings. The smallest absolute Gasteiger partial charge is 0.324 e. The van der Waals surface area contributed by atoms with Gasteiger partial charge in [-0.05, 0) is 48.9 Å². The molecule has 174 valence electrons. The molecule has 2 aromatic carbocycles. The van der Waals surface area contributed by atoms with Crippen molar-refractivity contribution in [2.45, 2.75) is 13.8 Å². The van der Waals surface area contributed by atoms with Gasteiger partial charge in [-0.1, -0.05) is 6.92 Å². The van der Waals surface area contributed by atoms with Crippen molar-refractivity contribution in [1.82, 2.24) is 19.7 Å². The second kappa shape index (κ2) is 8.75. The summed E-state index contributed by atoms with van der Waals surface area (Å²) in [7, 11) is 1.86. The highest BCUT2D eigenvalue weighted by molar-refractivity contribution is 6.00. The predicted octanol–water partition coefficient (Wildman–Crippen LogP) is 4.40. The first-order valence-corrected chi connectivity index (χ1v) is 11.0. The van der Waals surface area contributed by atoms with Crippen LogP contribution >= 0.6 is 0 Å². The van der Waals surface area contributed by atoms with Crippen molar-refractivity contribution in [2.24, 2.45) is 12.5 Å². The van der Waals surface area contributed by atoms with Crippen LogP contribution in [0, 0.1) is 12.3 Å². The van der Waals surface area contributed by atoms with Crippen molar-refractivity contribution < 1.29 is 14.3 Å². The first-order chi connectivity index (χ1) is 16.4. The third-order valence-corrected chi connectivity index (χ3v) is 5.70. The van der Waals surface area contributed by atoms with E-state index in [2.05, 4.69) is 32.6 Å². The van der Waals surface area contributed by atoms with Crippen molar-refractivity contribution >= 4 is 28.4 Å². The van der Waals surface area contributed by atoms with E-state index in [4.69, 9.17) is 9.47 Å². The van der Waals surface area contributed by atoms with Gasteiger partial charge in [0.25, 0.3) is 0 Å². The summed E-state index contributed by atoms with van der Waals surface area (Å²) in [5, 5.41) is 10.9. The van der Waals surface area contributed by atoms with Crippen LogP contribution in [0.25, 0.3) is 22.2 Å². The molecule has 34 heavy (non-hydrogen) atoms. The largest absolute Gasteiger partial charge is 0.493 e. The Bertz CT molecular complexity index is 1360. The Morgan fingerprint density at radius 3 is 2.79 bits per heavy atom. The van der Waals surface area contributed by atoms with E-state index >= 15 is 0 Å². The zero-order valence-electron chi connectivity index (χ0n) is 19.3. The molecule has 3 heterocycles. The molecule has 9 nitrogen and oxygen atoms in total. The molecule has 1 saturated heterocycles. The lowest BCUT2D eigenvalue weighted by atomic mass is 9.90. The van der Waals surface area contributed by atoms with E-state index in [9.17, 15) is 4.79 Å². The first kappa shape index (κ1) is 21.8. The van der Waals surface area contributed by atoms with Crippen LogP contribution in [0.4, 0.5) is 16.3 Å². The molecule has 4 aromatic rings. The number of hydrogen-bond acceptors (Lipinski definition) is 6. The van der Waals surface area contributed by atoms with Crippen LogP contribution in [0.5, 0.6) is 5.75 Å². The normalized spacial score (nSPS) is 14.4. The summed E-state index contributed by atoms with van der Waals surface area (Å²) in [6.45, 7) is 6.23. The van der Waals surface area contributed by atoms with E-state index in [0.29, 0.717) is 23.8 Å². The lowest BCUT2D eigenvalue weighted by Gasteiger charge is -2.37. The van der Waals surface area contributed by atoms with Gasteiger partial charge < -0.3 is 14.8 Å². The maximum absolute atomic E-state index is 12.5. The molecule has 0 bridgehead atoms. The van der Waals surface area contributed by atoms with E-state index in [0.717, 1.165) is 41.0 Å². The van der Waals surface area contributed by atoms with Gasteiger partial charge in [-0.15, -0.1) is 0 Å². The number of nitrogens with one attached hydrogen (secondary N) is 2. The Morgan fingerprint density at radius 1 is 1.18 bits per heavy atom. The van der Waals surface area contributed by atoms with Gasteiger partial charge in [0.05, 0.1) is 43.4 Å². The van der Waals surface area contributed by atoms with E-state index in [1.807, 2.05) is 56.6 Å². The molecule has 1 aliphatic heterocycles. The third kappa shape index (κ3) is 4.69. The zero-order chi connectivity index (χ0) is 23.7. The van der Waals surface area contributed by atoms with Crippen LogP contribution in [0.2, 0.25) is 0 Å². The molecule has 0 unspecified atom stereocenters. The van der Waals surface area contributed by atoms with Crippen molar-refractivity contribution in [3.8, 4) is 17.0 Å². The Morgan fingerprint density at radius 2 is 2.03 bits per heavy atom.